The zero-order chi connectivity index (χ0) is 22.4. The third-order valence-electron chi connectivity index (χ3n) is 4.71. The molecule has 164 valence electrons. The van der Waals surface area contributed by atoms with Crippen molar-refractivity contribution >= 4 is 17.0 Å². The Balaban J connectivity index is 1.75. The van der Waals surface area contributed by atoms with Gasteiger partial charge in [-0.15, -0.1) is 0 Å². The molecule has 0 fully saturated rings. The molecule has 0 aliphatic carbocycles. The van der Waals surface area contributed by atoms with Crippen molar-refractivity contribution < 1.29 is 24.1 Å². The molecule has 0 radical (unpaired) electrons. The van der Waals surface area contributed by atoms with Crippen LogP contribution in [-0.2, 0) is 6.54 Å². The molecule has 1 heterocycles. The topological polar surface area (TPSA) is 92.0 Å². The van der Waals surface area contributed by atoms with E-state index in [9.17, 15) is 9.90 Å². The van der Waals surface area contributed by atoms with Crippen molar-refractivity contribution in [2.24, 2.45) is 0 Å². The highest BCUT2D eigenvalue weighted by Crippen LogP contribution is 2.30. The molecule has 3 rings (SSSR count). The zero-order valence-corrected chi connectivity index (χ0v) is 18.0. The molecular formula is C23H26N2O6. The van der Waals surface area contributed by atoms with E-state index in [-0.39, 0.29) is 18.7 Å². The lowest BCUT2D eigenvalue weighted by molar-refractivity contribution is 0.0900. The van der Waals surface area contributed by atoms with Crippen molar-refractivity contribution in [3.8, 4) is 23.0 Å². The van der Waals surface area contributed by atoms with E-state index in [1.165, 1.54) is 25.1 Å². The first-order valence-corrected chi connectivity index (χ1v) is 9.73. The van der Waals surface area contributed by atoms with Crippen molar-refractivity contribution in [2.75, 3.05) is 27.9 Å². The van der Waals surface area contributed by atoms with Gasteiger partial charge in [-0.2, -0.15) is 0 Å². The number of ether oxygens (including phenoxy) is 4. The van der Waals surface area contributed by atoms with Gasteiger partial charge in [0.1, 0.15) is 12.7 Å². The number of hydrogen-bond donors (Lipinski definition) is 1. The quantitative estimate of drug-likeness (QED) is 0.562. The summed E-state index contributed by atoms with van der Waals surface area (Å²) in [7, 11) is 4.57. The summed E-state index contributed by atoms with van der Waals surface area (Å²) in [6.45, 7) is 1.94. The van der Waals surface area contributed by atoms with Crippen LogP contribution in [-0.4, -0.2) is 48.7 Å². The first-order chi connectivity index (χ1) is 15.0. The second-order valence-electron chi connectivity index (χ2n) is 6.80. The summed E-state index contributed by atoms with van der Waals surface area (Å²) < 4.78 is 22.9. The van der Waals surface area contributed by atoms with Crippen molar-refractivity contribution in [1.82, 2.24) is 9.55 Å². The molecule has 1 unspecified atom stereocenters. The molecule has 0 aliphatic heterocycles. The summed E-state index contributed by atoms with van der Waals surface area (Å²) in [4.78, 5) is 17.2. The van der Waals surface area contributed by atoms with Crippen molar-refractivity contribution in [3.63, 3.8) is 0 Å². The van der Waals surface area contributed by atoms with Gasteiger partial charge in [0.15, 0.2) is 23.0 Å². The molecular weight excluding hydrogens is 400 g/mol. The molecule has 0 spiro atoms. The summed E-state index contributed by atoms with van der Waals surface area (Å²) in [5.74, 6) is 2.00. The van der Waals surface area contributed by atoms with Crippen molar-refractivity contribution in [1.29, 1.82) is 0 Å². The average molecular weight is 426 g/mol. The lowest BCUT2D eigenvalue weighted by Crippen LogP contribution is -2.30. The first kappa shape index (κ1) is 22.2. The smallest absolute Gasteiger partial charge is 0.261 e. The number of nitrogens with zero attached hydrogens (tertiary/aromatic N) is 2. The maximum Gasteiger partial charge on any atom is 0.261 e. The van der Waals surface area contributed by atoms with Gasteiger partial charge in [-0.1, -0.05) is 18.2 Å². The predicted octanol–water partition coefficient (Wildman–Crippen LogP) is 2.90. The molecule has 1 aromatic heterocycles. The van der Waals surface area contributed by atoms with Crippen LogP contribution in [0.15, 0.2) is 47.5 Å². The van der Waals surface area contributed by atoms with Gasteiger partial charge in [-0.3, -0.25) is 9.36 Å². The number of allylic oxidation sites excluding steroid dienone is 1. The standard InChI is InChI=1S/C23H26N2O6/c1-5-6-15-7-8-19(20(9-15)28-2)31-13-16(26)12-25-14-24-18-11-22(30-4)21(29-3)10-17(18)23(25)27/h5-11,14,16,26H,12-13H2,1-4H3/b6-5+. The third kappa shape index (κ3) is 4.97. The highest BCUT2D eigenvalue weighted by Gasteiger charge is 2.14. The molecule has 2 aromatic carbocycles. The Kier molecular flexibility index (Phi) is 7.15. The monoisotopic (exact) mass is 426 g/mol. The molecule has 31 heavy (non-hydrogen) atoms. The summed E-state index contributed by atoms with van der Waals surface area (Å²) in [5.41, 5.74) is 1.17. The van der Waals surface area contributed by atoms with E-state index in [1.54, 1.807) is 25.3 Å². The fourth-order valence-electron chi connectivity index (χ4n) is 3.18. The van der Waals surface area contributed by atoms with E-state index in [0.717, 1.165) is 5.56 Å². The van der Waals surface area contributed by atoms with Crippen LogP contribution in [0, 0.1) is 0 Å². The van der Waals surface area contributed by atoms with Crippen LogP contribution in [0.5, 0.6) is 23.0 Å². The number of aliphatic hydroxyl groups is 1. The fraction of sp³-hybridized carbons (Fsp3) is 0.304. The van der Waals surface area contributed by atoms with E-state index >= 15 is 0 Å². The minimum absolute atomic E-state index is 0.0181. The van der Waals surface area contributed by atoms with Gasteiger partial charge in [0.2, 0.25) is 0 Å². The van der Waals surface area contributed by atoms with E-state index in [4.69, 9.17) is 18.9 Å². The minimum Gasteiger partial charge on any atom is -0.493 e. The van der Waals surface area contributed by atoms with Gasteiger partial charge in [-0.25, -0.2) is 4.98 Å². The summed E-state index contributed by atoms with van der Waals surface area (Å²) in [6, 6.07) is 8.75. The Labute approximate surface area is 180 Å². The predicted molar refractivity (Wildman–Crippen MR) is 118 cm³/mol. The Bertz CT molecular complexity index is 1140. The Morgan fingerprint density at radius 3 is 2.39 bits per heavy atom. The number of rotatable bonds is 9. The Hall–Kier alpha value is -3.52. The van der Waals surface area contributed by atoms with Gasteiger partial charge in [0.05, 0.1) is 45.1 Å². The van der Waals surface area contributed by atoms with E-state index in [1.807, 2.05) is 31.2 Å². The number of aliphatic hydroxyl groups excluding tert-OH is 1. The summed E-state index contributed by atoms with van der Waals surface area (Å²) in [5, 5.41) is 10.8. The van der Waals surface area contributed by atoms with Crippen LogP contribution in [0.3, 0.4) is 0 Å². The highest BCUT2D eigenvalue weighted by molar-refractivity contribution is 5.81. The van der Waals surface area contributed by atoms with Crippen LogP contribution in [0.2, 0.25) is 0 Å². The minimum atomic E-state index is -0.933. The number of hydrogen-bond acceptors (Lipinski definition) is 7. The largest absolute Gasteiger partial charge is 0.493 e. The van der Waals surface area contributed by atoms with E-state index in [2.05, 4.69) is 4.98 Å². The Morgan fingerprint density at radius 2 is 1.71 bits per heavy atom. The molecule has 1 N–H and O–H groups in total. The van der Waals surface area contributed by atoms with Crippen LogP contribution in [0.1, 0.15) is 12.5 Å². The van der Waals surface area contributed by atoms with E-state index in [0.29, 0.717) is 33.9 Å². The molecule has 8 heteroatoms. The molecule has 3 aromatic rings. The van der Waals surface area contributed by atoms with Gasteiger partial charge < -0.3 is 24.1 Å². The van der Waals surface area contributed by atoms with Gasteiger partial charge in [0.25, 0.3) is 5.56 Å². The van der Waals surface area contributed by atoms with Crippen LogP contribution in [0.25, 0.3) is 17.0 Å². The normalized spacial score (nSPS) is 12.2. The number of fused-ring (bicyclic) bond motifs is 1. The van der Waals surface area contributed by atoms with Crippen LogP contribution < -0.4 is 24.5 Å². The lowest BCUT2D eigenvalue weighted by Gasteiger charge is -2.16. The van der Waals surface area contributed by atoms with E-state index < -0.39 is 6.10 Å². The average Bonchev–Trinajstić information content (AvgIpc) is 2.79. The third-order valence-corrected chi connectivity index (χ3v) is 4.71. The first-order valence-electron chi connectivity index (χ1n) is 9.73. The second-order valence-corrected chi connectivity index (χ2v) is 6.80. The second kappa shape index (κ2) is 9.99. The lowest BCUT2D eigenvalue weighted by atomic mass is 10.2. The number of benzene rings is 2. The maximum atomic E-state index is 12.9. The molecule has 1 atom stereocenters. The molecule has 0 amide bonds. The van der Waals surface area contributed by atoms with Crippen molar-refractivity contribution in [3.05, 3.63) is 58.7 Å². The summed E-state index contributed by atoms with van der Waals surface area (Å²) in [6.07, 6.45) is 4.34. The Morgan fingerprint density at radius 1 is 1.03 bits per heavy atom. The van der Waals surface area contributed by atoms with Gasteiger partial charge in [-0.05, 0) is 30.7 Å². The number of methoxy groups -OCH3 is 3. The molecule has 8 nitrogen and oxygen atoms in total. The van der Waals surface area contributed by atoms with Crippen LogP contribution >= 0.6 is 0 Å². The van der Waals surface area contributed by atoms with Crippen LogP contribution in [0.4, 0.5) is 0 Å². The fourth-order valence-corrected chi connectivity index (χ4v) is 3.18. The molecule has 0 aliphatic rings. The zero-order valence-electron chi connectivity index (χ0n) is 18.0. The molecule has 0 bridgehead atoms. The molecule has 0 saturated heterocycles. The van der Waals surface area contributed by atoms with Gasteiger partial charge in [0, 0.05) is 6.07 Å². The summed E-state index contributed by atoms with van der Waals surface area (Å²) >= 11 is 0. The van der Waals surface area contributed by atoms with Gasteiger partial charge >= 0.3 is 0 Å². The van der Waals surface area contributed by atoms with Crippen molar-refractivity contribution in [2.45, 2.75) is 19.6 Å². The number of aromatic nitrogens is 2. The SMILES string of the molecule is C/C=C/c1ccc(OCC(O)Cn2cnc3cc(OC)c(OC)cc3c2=O)c(OC)c1. The highest BCUT2D eigenvalue weighted by atomic mass is 16.5. The molecule has 0 saturated carbocycles. The maximum absolute atomic E-state index is 12.9.